The monoisotopic (exact) mass is 651 g/mol. The standard InChI is InChI=1S/C32H62NO10P/c1-3-5-7-9-11-12-13-14-15-16-17-18-20-22-24-31(36)41-25-28(34)26-42-44(39,40)43-27-29(32(37)38)33-30(35)23-21-19-10-8-6-4-2/h28-29,34H,3-27H2,1-2H3,(H,33,35)(H,37,38)(H,39,40). The van der Waals surface area contributed by atoms with Crippen molar-refractivity contribution in [3.05, 3.63) is 0 Å². The fraction of sp³-hybridized carbons (Fsp3) is 0.906. The molecule has 260 valence electrons. The van der Waals surface area contributed by atoms with Crippen LogP contribution in [0.25, 0.3) is 0 Å². The van der Waals surface area contributed by atoms with E-state index in [9.17, 15) is 34.1 Å². The van der Waals surface area contributed by atoms with Gasteiger partial charge in [0.2, 0.25) is 5.91 Å². The SMILES string of the molecule is CCCCCCCCCCCCCCCCC(=O)OCC(O)COP(=O)(O)OCC(NC(=O)CCCCCCCC)C(=O)O. The van der Waals surface area contributed by atoms with Crippen molar-refractivity contribution in [3.63, 3.8) is 0 Å². The van der Waals surface area contributed by atoms with E-state index in [-0.39, 0.29) is 12.8 Å². The van der Waals surface area contributed by atoms with Gasteiger partial charge in [-0.15, -0.1) is 0 Å². The molecule has 0 rings (SSSR count). The number of carbonyl (C=O) groups excluding carboxylic acids is 2. The number of rotatable bonds is 32. The van der Waals surface area contributed by atoms with Gasteiger partial charge in [0.1, 0.15) is 12.7 Å². The highest BCUT2D eigenvalue weighted by Crippen LogP contribution is 2.43. The Labute approximate surface area is 265 Å². The smallest absolute Gasteiger partial charge is 0.472 e. The van der Waals surface area contributed by atoms with Crippen LogP contribution in [0.3, 0.4) is 0 Å². The van der Waals surface area contributed by atoms with E-state index in [1.807, 2.05) is 0 Å². The molecule has 44 heavy (non-hydrogen) atoms. The molecule has 4 N–H and O–H groups in total. The molecule has 0 aromatic heterocycles. The second-order valence-corrected chi connectivity index (χ2v) is 13.2. The Morgan fingerprint density at radius 3 is 1.50 bits per heavy atom. The molecule has 0 bridgehead atoms. The Kier molecular flexibility index (Phi) is 27.9. The summed E-state index contributed by atoms with van der Waals surface area (Å²) in [6, 6.07) is -1.53. The molecule has 11 nitrogen and oxygen atoms in total. The number of phosphoric ester groups is 1. The van der Waals surface area contributed by atoms with E-state index in [2.05, 4.69) is 19.2 Å². The van der Waals surface area contributed by atoms with Gasteiger partial charge in [-0.05, 0) is 12.8 Å². The van der Waals surface area contributed by atoms with Gasteiger partial charge in [-0.1, -0.05) is 129 Å². The maximum Gasteiger partial charge on any atom is 0.472 e. The molecule has 0 spiro atoms. The van der Waals surface area contributed by atoms with Gasteiger partial charge in [-0.3, -0.25) is 18.6 Å². The molecule has 0 saturated heterocycles. The number of carbonyl (C=O) groups is 3. The second kappa shape index (κ2) is 28.9. The summed E-state index contributed by atoms with van der Waals surface area (Å²) in [6.07, 6.45) is 21.8. The highest BCUT2D eigenvalue weighted by molar-refractivity contribution is 7.47. The Hall–Kier alpha value is -1.52. The first kappa shape index (κ1) is 42.5. The lowest BCUT2D eigenvalue weighted by Gasteiger charge is -2.18. The van der Waals surface area contributed by atoms with Crippen molar-refractivity contribution in [2.24, 2.45) is 0 Å². The van der Waals surface area contributed by atoms with Crippen LogP contribution in [0.15, 0.2) is 0 Å². The number of phosphoric acid groups is 1. The number of hydrogen-bond donors (Lipinski definition) is 4. The number of esters is 1. The molecule has 0 fully saturated rings. The molecule has 0 saturated carbocycles. The Bertz CT molecular complexity index is 782. The molecule has 0 aliphatic rings. The topological polar surface area (TPSA) is 169 Å². The van der Waals surface area contributed by atoms with E-state index in [1.54, 1.807) is 0 Å². The molecule has 1 amide bonds. The van der Waals surface area contributed by atoms with Crippen LogP contribution in [0.4, 0.5) is 0 Å². The number of nitrogens with one attached hydrogen (secondary N) is 1. The summed E-state index contributed by atoms with van der Waals surface area (Å²) in [5, 5.41) is 21.5. The molecule has 0 aromatic carbocycles. The molecular formula is C32H62NO10P. The van der Waals surface area contributed by atoms with Gasteiger partial charge in [0.05, 0.1) is 13.2 Å². The van der Waals surface area contributed by atoms with E-state index in [4.69, 9.17) is 13.8 Å². The number of hydrogen-bond acceptors (Lipinski definition) is 8. The van der Waals surface area contributed by atoms with Gasteiger partial charge >= 0.3 is 19.8 Å². The van der Waals surface area contributed by atoms with E-state index in [1.165, 1.54) is 64.2 Å². The maximum absolute atomic E-state index is 12.1. The van der Waals surface area contributed by atoms with Crippen LogP contribution < -0.4 is 5.32 Å². The summed E-state index contributed by atoms with van der Waals surface area (Å²) in [4.78, 5) is 45.2. The lowest BCUT2D eigenvalue weighted by atomic mass is 10.0. The van der Waals surface area contributed by atoms with Crippen LogP contribution >= 0.6 is 7.82 Å². The van der Waals surface area contributed by atoms with Crippen LogP contribution in [-0.2, 0) is 32.7 Å². The number of amides is 1. The van der Waals surface area contributed by atoms with Gasteiger partial charge in [0.25, 0.3) is 0 Å². The Morgan fingerprint density at radius 2 is 1.05 bits per heavy atom. The zero-order valence-corrected chi connectivity index (χ0v) is 28.4. The molecule has 3 atom stereocenters. The van der Waals surface area contributed by atoms with E-state index >= 15 is 0 Å². The summed E-state index contributed by atoms with van der Waals surface area (Å²) in [5.74, 6) is -2.38. The lowest BCUT2D eigenvalue weighted by Crippen LogP contribution is -2.43. The first-order chi connectivity index (χ1) is 21.1. The number of carboxylic acid groups (broad SMARTS) is 1. The van der Waals surface area contributed by atoms with Crippen molar-refractivity contribution in [1.29, 1.82) is 0 Å². The summed E-state index contributed by atoms with van der Waals surface area (Å²) < 4.78 is 26.5. The van der Waals surface area contributed by atoms with Gasteiger partial charge in [-0.25, -0.2) is 9.36 Å². The third-order valence-corrected chi connectivity index (χ3v) is 8.35. The first-order valence-electron chi connectivity index (χ1n) is 17.1. The first-order valence-corrected chi connectivity index (χ1v) is 18.6. The largest absolute Gasteiger partial charge is 0.480 e. The van der Waals surface area contributed by atoms with Crippen LogP contribution in [0.2, 0.25) is 0 Å². The van der Waals surface area contributed by atoms with Crippen LogP contribution in [-0.4, -0.2) is 64.9 Å². The molecular weight excluding hydrogens is 589 g/mol. The summed E-state index contributed by atoms with van der Waals surface area (Å²) >= 11 is 0. The fourth-order valence-electron chi connectivity index (χ4n) is 4.67. The molecule has 0 aliphatic heterocycles. The average molecular weight is 652 g/mol. The van der Waals surface area contributed by atoms with Gasteiger partial charge in [0.15, 0.2) is 6.04 Å². The van der Waals surface area contributed by atoms with Crippen molar-refractivity contribution < 1.29 is 47.8 Å². The quantitative estimate of drug-likeness (QED) is 0.0331. The number of aliphatic hydroxyl groups excluding tert-OH is 1. The van der Waals surface area contributed by atoms with Crippen molar-refractivity contribution in [2.45, 2.75) is 167 Å². The van der Waals surface area contributed by atoms with E-state index in [0.717, 1.165) is 51.4 Å². The van der Waals surface area contributed by atoms with Crippen molar-refractivity contribution >= 4 is 25.7 Å². The minimum Gasteiger partial charge on any atom is -0.480 e. The molecule has 12 heteroatoms. The third kappa shape index (κ3) is 28.0. The minimum atomic E-state index is -4.73. The molecule has 0 aromatic rings. The normalized spacial score (nSPS) is 14.1. The number of aliphatic hydroxyl groups is 1. The molecule has 3 unspecified atom stereocenters. The van der Waals surface area contributed by atoms with Crippen LogP contribution in [0.5, 0.6) is 0 Å². The lowest BCUT2D eigenvalue weighted by molar-refractivity contribution is -0.147. The summed E-state index contributed by atoms with van der Waals surface area (Å²) in [7, 11) is -4.73. The Balaban J connectivity index is 3.92. The van der Waals surface area contributed by atoms with E-state index in [0.29, 0.717) is 12.8 Å². The molecule has 0 heterocycles. The zero-order valence-electron chi connectivity index (χ0n) is 27.5. The van der Waals surface area contributed by atoms with Gasteiger partial charge < -0.3 is 25.2 Å². The van der Waals surface area contributed by atoms with Gasteiger partial charge in [0, 0.05) is 12.8 Å². The number of aliphatic carboxylic acids is 1. The van der Waals surface area contributed by atoms with Crippen molar-refractivity contribution in [2.75, 3.05) is 19.8 Å². The maximum atomic E-state index is 12.1. The number of ether oxygens (including phenoxy) is 1. The van der Waals surface area contributed by atoms with Gasteiger partial charge in [-0.2, -0.15) is 0 Å². The highest BCUT2D eigenvalue weighted by atomic mass is 31.2. The van der Waals surface area contributed by atoms with Crippen LogP contribution in [0.1, 0.15) is 155 Å². The highest BCUT2D eigenvalue weighted by Gasteiger charge is 2.28. The van der Waals surface area contributed by atoms with E-state index < -0.39 is 57.6 Å². The minimum absolute atomic E-state index is 0.146. The summed E-state index contributed by atoms with van der Waals surface area (Å²) in [5.41, 5.74) is 0. The average Bonchev–Trinajstić information content (AvgIpc) is 2.99. The zero-order chi connectivity index (χ0) is 32.9. The second-order valence-electron chi connectivity index (χ2n) is 11.7. The Morgan fingerprint density at radius 1 is 0.636 bits per heavy atom. The fourth-order valence-corrected chi connectivity index (χ4v) is 5.44. The third-order valence-electron chi connectivity index (χ3n) is 7.40. The molecule has 0 aliphatic carbocycles. The number of unbranched alkanes of at least 4 members (excludes halogenated alkanes) is 18. The molecule has 0 radical (unpaired) electrons. The predicted molar refractivity (Wildman–Crippen MR) is 171 cm³/mol. The van der Waals surface area contributed by atoms with Crippen LogP contribution in [0, 0.1) is 0 Å². The number of carboxylic acids is 1. The van der Waals surface area contributed by atoms with Crippen molar-refractivity contribution in [3.8, 4) is 0 Å². The summed E-state index contributed by atoms with van der Waals surface area (Å²) in [6.45, 7) is 2.47. The predicted octanol–water partition coefficient (Wildman–Crippen LogP) is 7.22. The van der Waals surface area contributed by atoms with Crippen molar-refractivity contribution in [1.82, 2.24) is 5.32 Å².